The van der Waals surface area contributed by atoms with Gasteiger partial charge in [0.15, 0.2) is 0 Å². The quantitative estimate of drug-likeness (QED) is 0.896. The number of carbonyl (C=O) groups excluding carboxylic acids is 1. The van der Waals surface area contributed by atoms with Crippen molar-refractivity contribution < 1.29 is 28.2 Å². The molecule has 0 aromatic heterocycles. The number of hydrogen-bond donors (Lipinski definition) is 2. The molecule has 1 aliphatic rings. The smallest absolute Gasteiger partial charge is 0.338 e. The number of carboxylic acid groups (broad SMARTS) is 1. The molecule has 0 saturated carbocycles. The minimum atomic E-state index is -1.53. The van der Waals surface area contributed by atoms with E-state index in [0.29, 0.717) is 12.7 Å². The van der Waals surface area contributed by atoms with Crippen molar-refractivity contribution in [1.29, 1.82) is 0 Å². The molecular formula is C14H15F2NO4. The fourth-order valence-corrected chi connectivity index (χ4v) is 2.19. The molecule has 1 amide bonds. The topological polar surface area (TPSA) is 75.6 Å². The molecule has 1 saturated heterocycles. The summed E-state index contributed by atoms with van der Waals surface area (Å²) in [6, 6.07) is 1.21. The van der Waals surface area contributed by atoms with Gasteiger partial charge in [0.25, 0.3) is 0 Å². The van der Waals surface area contributed by atoms with Crippen molar-refractivity contribution in [3.8, 4) is 0 Å². The Kier molecular flexibility index (Phi) is 4.85. The predicted molar refractivity (Wildman–Crippen MR) is 70.2 cm³/mol. The monoisotopic (exact) mass is 299 g/mol. The van der Waals surface area contributed by atoms with E-state index in [9.17, 15) is 18.4 Å². The van der Waals surface area contributed by atoms with E-state index in [1.165, 1.54) is 0 Å². The summed E-state index contributed by atoms with van der Waals surface area (Å²) in [4.78, 5) is 22.6. The maximum atomic E-state index is 13.6. The fraction of sp³-hybridized carbons (Fsp3) is 0.429. The maximum absolute atomic E-state index is 13.6. The molecule has 1 fully saturated rings. The summed E-state index contributed by atoms with van der Waals surface area (Å²) in [5.74, 6) is -4.23. The van der Waals surface area contributed by atoms with Gasteiger partial charge in [-0.2, -0.15) is 0 Å². The third kappa shape index (κ3) is 3.98. The molecule has 2 N–H and O–H groups in total. The van der Waals surface area contributed by atoms with Gasteiger partial charge in [0, 0.05) is 12.7 Å². The number of anilines is 1. The number of carboxylic acids is 1. The van der Waals surface area contributed by atoms with Crippen LogP contribution in [-0.2, 0) is 9.53 Å². The van der Waals surface area contributed by atoms with Crippen LogP contribution >= 0.6 is 0 Å². The van der Waals surface area contributed by atoms with E-state index in [1.807, 2.05) is 0 Å². The highest BCUT2D eigenvalue weighted by Gasteiger charge is 2.20. The lowest BCUT2D eigenvalue weighted by Gasteiger charge is -2.22. The van der Waals surface area contributed by atoms with E-state index in [1.54, 1.807) is 0 Å². The molecular weight excluding hydrogens is 284 g/mol. The Morgan fingerprint density at radius 3 is 2.67 bits per heavy atom. The maximum Gasteiger partial charge on any atom is 0.338 e. The fourth-order valence-electron chi connectivity index (χ4n) is 2.19. The molecule has 0 spiro atoms. The highest BCUT2D eigenvalue weighted by atomic mass is 19.1. The molecule has 5 nitrogen and oxygen atoms in total. The second-order valence-electron chi connectivity index (χ2n) is 4.86. The first-order valence-corrected chi connectivity index (χ1v) is 6.61. The van der Waals surface area contributed by atoms with Crippen molar-refractivity contribution in [1.82, 2.24) is 0 Å². The number of aromatic carboxylic acids is 1. The van der Waals surface area contributed by atoms with Crippen molar-refractivity contribution in [3.05, 3.63) is 29.3 Å². The lowest BCUT2D eigenvalue weighted by Crippen LogP contribution is -2.26. The van der Waals surface area contributed by atoms with Crippen LogP contribution in [0.1, 0.15) is 36.0 Å². The second-order valence-corrected chi connectivity index (χ2v) is 4.86. The molecule has 0 radical (unpaired) electrons. The SMILES string of the molecule is O=C(CC1CCCCO1)Nc1cc(C(=O)O)c(F)cc1F. The largest absolute Gasteiger partial charge is 0.478 e. The molecule has 0 bridgehead atoms. The summed E-state index contributed by atoms with van der Waals surface area (Å²) in [6.07, 6.45) is 2.50. The van der Waals surface area contributed by atoms with Gasteiger partial charge in [0.1, 0.15) is 11.6 Å². The van der Waals surface area contributed by atoms with E-state index >= 15 is 0 Å². The molecule has 0 aliphatic carbocycles. The number of benzene rings is 1. The van der Waals surface area contributed by atoms with Gasteiger partial charge in [-0.1, -0.05) is 0 Å². The van der Waals surface area contributed by atoms with Crippen LogP contribution in [-0.4, -0.2) is 29.7 Å². The van der Waals surface area contributed by atoms with Crippen molar-refractivity contribution in [2.75, 3.05) is 11.9 Å². The molecule has 1 atom stereocenters. The molecule has 1 unspecified atom stereocenters. The van der Waals surface area contributed by atoms with Crippen molar-refractivity contribution >= 4 is 17.6 Å². The Balaban J connectivity index is 2.06. The van der Waals surface area contributed by atoms with Gasteiger partial charge in [0.2, 0.25) is 5.91 Å². The molecule has 1 aromatic carbocycles. The number of nitrogens with one attached hydrogen (secondary N) is 1. The number of carbonyl (C=O) groups is 2. The molecule has 1 aromatic rings. The summed E-state index contributed by atoms with van der Waals surface area (Å²) in [5, 5.41) is 11.0. The number of hydrogen-bond acceptors (Lipinski definition) is 3. The third-order valence-corrected chi connectivity index (χ3v) is 3.25. The van der Waals surface area contributed by atoms with Crippen molar-refractivity contribution in [3.63, 3.8) is 0 Å². The molecule has 7 heteroatoms. The Hall–Kier alpha value is -2.02. The van der Waals surface area contributed by atoms with E-state index in [2.05, 4.69) is 5.32 Å². The zero-order valence-corrected chi connectivity index (χ0v) is 11.2. The molecule has 2 rings (SSSR count). The van der Waals surface area contributed by atoms with Crippen LogP contribution in [0.3, 0.4) is 0 Å². The van der Waals surface area contributed by atoms with Crippen LogP contribution in [0.2, 0.25) is 0 Å². The Bertz CT molecular complexity index is 556. The highest BCUT2D eigenvalue weighted by molar-refractivity contribution is 5.94. The Labute approximate surface area is 119 Å². The van der Waals surface area contributed by atoms with Crippen LogP contribution in [0, 0.1) is 11.6 Å². The lowest BCUT2D eigenvalue weighted by molar-refractivity contribution is -0.119. The van der Waals surface area contributed by atoms with Crippen LogP contribution < -0.4 is 5.32 Å². The zero-order valence-electron chi connectivity index (χ0n) is 11.2. The van der Waals surface area contributed by atoms with Crippen molar-refractivity contribution in [2.24, 2.45) is 0 Å². The van der Waals surface area contributed by atoms with Gasteiger partial charge >= 0.3 is 5.97 Å². The Morgan fingerprint density at radius 2 is 2.05 bits per heavy atom. The predicted octanol–water partition coefficient (Wildman–Crippen LogP) is 2.56. The first kappa shape index (κ1) is 15.4. The summed E-state index contributed by atoms with van der Waals surface area (Å²) in [6.45, 7) is 0.589. The number of halogens is 2. The third-order valence-electron chi connectivity index (χ3n) is 3.25. The average Bonchev–Trinajstić information content (AvgIpc) is 2.42. The number of rotatable bonds is 4. The van der Waals surface area contributed by atoms with Crippen LogP contribution in [0.4, 0.5) is 14.5 Å². The first-order chi connectivity index (χ1) is 9.97. The zero-order chi connectivity index (χ0) is 15.4. The summed E-state index contributed by atoms with van der Waals surface area (Å²) >= 11 is 0. The summed E-state index contributed by atoms with van der Waals surface area (Å²) in [5.41, 5.74) is -1.05. The average molecular weight is 299 g/mol. The standard InChI is InChI=1S/C14H15F2NO4/c15-10-7-11(16)12(6-9(10)14(19)20)17-13(18)5-8-3-1-2-4-21-8/h6-8H,1-5H2,(H,17,18)(H,19,20). The van der Waals surface area contributed by atoms with Crippen molar-refractivity contribution in [2.45, 2.75) is 31.8 Å². The van der Waals surface area contributed by atoms with Crippen LogP contribution in [0.25, 0.3) is 0 Å². The van der Waals surface area contributed by atoms with E-state index in [4.69, 9.17) is 9.84 Å². The minimum absolute atomic E-state index is 0.0548. The van der Waals surface area contributed by atoms with Crippen LogP contribution in [0.15, 0.2) is 12.1 Å². The lowest BCUT2D eigenvalue weighted by atomic mass is 10.1. The van der Waals surface area contributed by atoms with Gasteiger partial charge in [-0.15, -0.1) is 0 Å². The summed E-state index contributed by atoms with van der Waals surface area (Å²) in [7, 11) is 0. The normalized spacial score (nSPS) is 18.3. The van der Waals surface area contributed by atoms with E-state index < -0.39 is 29.1 Å². The molecule has 1 aliphatic heterocycles. The second kappa shape index (κ2) is 6.62. The van der Waals surface area contributed by atoms with Gasteiger partial charge < -0.3 is 15.2 Å². The highest BCUT2D eigenvalue weighted by Crippen LogP contribution is 2.21. The molecule has 21 heavy (non-hydrogen) atoms. The van der Waals surface area contributed by atoms with Gasteiger partial charge in [-0.25, -0.2) is 13.6 Å². The van der Waals surface area contributed by atoms with E-state index in [0.717, 1.165) is 25.3 Å². The van der Waals surface area contributed by atoms with Gasteiger partial charge in [-0.3, -0.25) is 4.79 Å². The van der Waals surface area contributed by atoms with Crippen LogP contribution in [0.5, 0.6) is 0 Å². The van der Waals surface area contributed by atoms with Gasteiger partial charge in [-0.05, 0) is 25.3 Å². The minimum Gasteiger partial charge on any atom is -0.478 e. The summed E-state index contributed by atoms with van der Waals surface area (Å²) < 4.78 is 32.2. The Morgan fingerprint density at radius 1 is 1.29 bits per heavy atom. The van der Waals surface area contributed by atoms with Gasteiger partial charge in [0.05, 0.1) is 23.8 Å². The number of ether oxygens (including phenoxy) is 1. The number of amides is 1. The first-order valence-electron chi connectivity index (χ1n) is 6.61. The molecule has 1 heterocycles. The van der Waals surface area contributed by atoms with E-state index in [-0.39, 0.29) is 18.2 Å². The molecule has 114 valence electrons.